The van der Waals surface area contributed by atoms with Crippen molar-refractivity contribution in [1.82, 2.24) is 9.36 Å². The van der Waals surface area contributed by atoms with Gasteiger partial charge in [0.05, 0.1) is 16.3 Å². The highest BCUT2D eigenvalue weighted by Gasteiger charge is 2.17. The van der Waals surface area contributed by atoms with Gasteiger partial charge in [-0.05, 0) is 25.1 Å². The maximum atomic E-state index is 12.8. The van der Waals surface area contributed by atoms with Crippen LogP contribution in [-0.2, 0) is 7.05 Å². The van der Waals surface area contributed by atoms with Crippen LogP contribution in [0.1, 0.15) is 11.3 Å². The molecule has 3 aromatic rings. The molecule has 1 N–H and O–H groups in total. The molecule has 0 aliphatic rings. The van der Waals surface area contributed by atoms with Gasteiger partial charge < -0.3 is 5.11 Å². The van der Waals surface area contributed by atoms with Gasteiger partial charge in [-0.1, -0.05) is 24.3 Å². The first kappa shape index (κ1) is 17.2. The van der Waals surface area contributed by atoms with E-state index >= 15 is 0 Å². The lowest BCUT2D eigenvalue weighted by molar-refractivity contribution is -0.385. The van der Waals surface area contributed by atoms with Crippen molar-refractivity contribution in [2.45, 2.75) is 6.92 Å². The monoisotopic (exact) mass is 352 g/mol. The van der Waals surface area contributed by atoms with Crippen molar-refractivity contribution in [2.75, 3.05) is 0 Å². The number of nitro benzene ring substituents is 1. The molecule has 0 bridgehead atoms. The molecule has 0 radical (unpaired) electrons. The average Bonchev–Trinajstić information content (AvgIpc) is 2.84. The fraction of sp³-hybridized carbons (Fsp3) is 0.111. The number of aliphatic imine (C=N–C) groups is 1. The van der Waals surface area contributed by atoms with Gasteiger partial charge >= 0.3 is 5.69 Å². The van der Waals surface area contributed by atoms with Crippen LogP contribution >= 0.6 is 0 Å². The van der Waals surface area contributed by atoms with E-state index in [1.54, 1.807) is 30.8 Å². The van der Waals surface area contributed by atoms with Crippen LogP contribution in [0.25, 0.3) is 5.69 Å². The van der Waals surface area contributed by atoms with Crippen molar-refractivity contribution in [3.63, 3.8) is 0 Å². The summed E-state index contributed by atoms with van der Waals surface area (Å²) in [6.45, 7) is 1.75. The maximum Gasteiger partial charge on any atom is 0.311 e. The first-order valence-corrected chi connectivity index (χ1v) is 7.76. The number of nitrogens with zero attached hydrogens (tertiary/aromatic N) is 4. The van der Waals surface area contributed by atoms with Crippen LogP contribution in [0.4, 0.5) is 11.4 Å². The molecule has 0 spiro atoms. The van der Waals surface area contributed by atoms with Crippen LogP contribution < -0.4 is 5.56 Å². The number of hydrogen-bond donors (Lipinski definition) is 1. The smallest absolute Gasteiger partial charge is 0.311 e. The quantitative estimate of drug-likeness (QED) is 0.443. The molecular weight excluding hydrogens is 336 g/mol. The fourth-order valence-corrected chi connectivity index (χ4v) is 2.64. The van der Waals surface area contributed by atoms with E-state index in [1.807, 2.05) is 18.2 Å². The Morgan fingerprint density at radius 1 is 1.15 bits per heavy atom. The van der Waals surface area contributed by atoms with Crippen molar-refractivity contribution >= 4 is 17.6 Å². The van der Waals surface area contributed by atoms with E-state index in [0.29, 0.717) is 11.4 Å². The fourth-order valence-electron chi connectivity index (χ4n) is 2.64. The molecule has 1 heterocycles. The van der Waals surface area contributed by atoms with Crippen LogP contribution in [-0.4, -0.2) is 25.6 Å². The zero-order valence-corrected chi connectivity index (χ0v) is 14.2. The summed E-state index contributed by atoms with van der Waals surface area (Å²) < 4.78 is 3.16. The van der Waals surface area contributed by atoms with Gasteiger partial charge in [0.2, 0.25) is 5.75 Å². The minimum Gasteiger partial charge on any atom is -0.502 e. The summed E-state index contributed by atoms with van der Waals surface area (Å²) in [5, 5.41) is 20.9. The number of nitro groups is 1. The molecule has 0 aliphatic heterocycles. The van der Waals surface area contributed by atoms with Gasteiger partial charge in [0.15, 0.2) is 5.69 Å². The van der Waals surface area contributed by atoms with Crippen LogP contribution in [0.2, 0.25) is 0 Å². The lowest BCUT2D eigenvalue weighted by atomic mass is 10.2. The Hall–Kier alpha value is -3.68. The molecule has 0 unspecified atom stereocenters. The molecule has 0 aliphatic carbocycles. The number of benzene rings is 2. The summed E-state index contributed by atoms with van der Waals surface area (Å²) in [6.07, 6.45) is 1.25. The highest BCUT2D eigenvalue weighted by atomic mass is 16.6. The lowest BCUT2D eigenvalue weighted by Gasteiger charge is -2.07. The Balaban J connectivity index is 2.08. The summed E-state index contributed by atoms with van der Waals surface area (Å²) in [7, 11) is 1.74. The number of aromatic hydroxyl groups is 1. The highest BCUT2D eigenvalue weighted by Crippen LogP contribution is 2.28. The van der Waals surface area contributed by atoms with Gasteiger partial charge in [-0.25, -0.2) is 9.67 Å². The third-order valence-electron chi connectivity index (χ3n) is 4.10. The minimum absolute atomic E-state index is 0.160. The van der Waals surface area contributed by atoms with Crippen molar-refractivity contribution < 1.29 is 10.0 Å². The Morgan fingerprint density at radius 2 is 1.85 bits per heavy atom. The average molecular weight is 352 g/mol. The number of phenols is 1. The van der Waals surface area contributed by atoms with Crippen molar-refractivity contribution in [3.8, 4) is 11.4 Å². The SMILES string of the molecule is Cc1c(N=Cc2cccc([N+](=O)[O-])c2O)c(=O)n(-c2ccccc2)n1C. The van der Waals surface area contributed by atoms with Crippen LogP contribution in [0.15, 0.2) is 58.3 Å². The molecule has 132 valence electrons. The van der Waals surface area contributed by atoms with Gasteiger partial charge in [-0.2, -0.15) is 0 Å². The minimum atomic E-state index is -0.678. The van der Waals surface area contributed by atoms with E-state index in [0.717, 1.165) is 0 Å². The molecule has 0 fully saturated rings. The third-order valence-corrected chi connectivity index (χ3v) is 4.10. The normalized spacial score (nSPS) is 11.2. The first-order chi connectivity index (χ1) is 12.4. The van der Waals surface area contributed by atoms with Gasteiger partial charge in [-0.3, -0.25) is 19.6 Å². The molecule has 0 saturated heterocycles. The highest BCUT2D eigenvalue weighted by molar-refractivity contribution is 5.87. The molecule has 3 rings (SSSR count). The van der Waals surface area contributed by atoms with E-state index < -0.39 is 16.4 Å². The molecule has 2 aromatic carbocycles. The third kappa shape index (κ3) is 2.88. The predicted octanol–water partition coefficient (Wildman–Crippen LogP) is 2.85. The molecule has 26 heavy (non-hydrogen) atoms. The molecule has 0 saturated carbocycles. The maximum absolute atomic E-state index is 12.8. The molecule has 8 heteroatoms. The number of hydrogen-bond acceptors (Lipinski definition) is 5. The second-order valence-corrected chi connectivity index (χ2v) is 5.64. The molecule has 1 aromatic heterocycles. The van der Waals surface area contributed by atoms with E-state index in [4.69, 9.17) is 0 Å². The Bertz CT molecular complexity index is 1060. The standard InChI is InChI=1S/C18H16N4O4/c1-12-16(18(24)21(20(12)2)14-8-4-3-5-9-14)19-11-13-7-6-10-15(17(13)23)22(25)26/h3-11,23H,1-2H3. The van der Waals surface area contributed by atoms with Crippen LogP contribution in [0.3, 0.4) is 0 Å². The number of rotatable bonds is 4. The second-order valence-electron chi connectivity index (χ2n) is 5.64. The Labute approximate surface area is 148 Å². The summed E-state index contributed by atoms with van der Waals surface area (Å²) in [6, 6.07) is 13.3. The van der Waals surface area contributed by atoms with Gasteiger partial charge in [-0.15, -0.1) is 0 Å². The van der Waals surface area contributed by atoms with Crippen LogP contribution in [0.5, 0.6) is 5.75 Å². The van der Waals surface area contributed by atoms with E-state index in [-0.39, 0.29) is 16.8 Å². The summed E-state index contributed by atoms with van der Waals surface area (Å²) in [5.74, 6) is -0.488. The zero-order valence-electron chi connectivity index (χ0n) is 14.2. The molecule has 0 amide bonds. The zero-order chi connectivity index (χ0) is 18.8. The van der Waals surface area contributed by atoms with Gasteiger partial charge in [0, 0.05) is 24.9 Å². The van der Waals surface area contributed by atoms with E-state index in [9.17, 15) is 20.0 Å². The Kier molecular flexibility index (Phi) is 4.40. The van der Waals surface area contributed by atoms with Crippen molar-refractivity contribution in [3.05, 3.63) is 80.3 Å². The molecular formula is C18H16N4O4. The summed E-state index contributed by atoms with van der Waals surface area (Å²) in [4.78, 5) is 27.2. The molecule has 8 nitrogen and oxygen atoms in total. The number of phenolic OH excluding ortho intramolecular Hbond substituents is 1. The number of para-hydroxylation sites is 2. The number of aromatic nitrogens is 2. The second kappa shape index (κ2) is 6.67. The first-order valence-electron chi connectivity index (χ1n) is 7.76. The molecule has 0 atom stereocenters. The van der Waals surface area contributed by atoms with Crippen LogP contribution in [0, 0.1) is 17.0 Å². The predicted molar refractivity (Wildman–Crippen MR) is 97.8 cm³/mol. The summed E-state index contributed by atoms with van der Waals surface area (Å²) in [5.41, 5.74) is 0.941. The lowest BCUT2D eigenvalue weighted by Crippen LogP contribution is -2.19. The van der Waals surface area contributed by atoms with E-state index in [1.165, 1.54) is 29.1 Å². The van der Waals surface area contributed by atoms with Crippen molar-refractivity contribution in [2.24, 2.45) is 12.0 Å². The topological polar surface area (TPSA) is 103 Å². The van der Waals surface area contributed by atoms with Gasteiger partial charge in [0.1, 0.15) is 0 Å². The van der Waals surface area contributed by atoms with E-state index in [2.05, 4.69) is 4.99 Å². The Morgan fingerprint density at radius 3 is 2.50 bits per heavy atom. The summed E-state index contributed by atoms with van der Waals surface area (Å²) >= 11 is 0. The van der Waals surface area contributed by atoms with Crippen molar-refractivity contribution in [1.29, 1.82) is 0 Å². The van der Waals surface area contributed by atoms with Gasteiger partial charge in [0.25, 0.3) is 5.56 Å². The largest absolute Gasteiger partial charge is 0.502 e.